The molecule has 0 radical (unpaired) electrons. The minimum Gasteiger partial charge on any atom is -0.295 e. The van der Waals surface area contributed by atoms with E-state index in [0.29, 0.717) is 16.3 Å². The van der Waals surface area contributed by atoms with E-state index in [1.165, 1.54) is 17.8 Å². The second-order valence-electron chi connectivity index (χ2n) is 4.98. The highest BCUT2D eigenvalue weighted by molar-refractivity contribution is 8.00. The van der Waals surface area contributed by atoms with Crippen molar-refractivity contribution in [3.05, 3.63) is 64.2 Å². The van der Waals surface area contributed by atoms with Gasteiger partial charge in [0.05, 0.1) is 5.75 Å². The molecule has 1 amide bonds. The number of rotatable bonds is 2. The van der Waals surface area contributed by atoms with Crippen LogP contribution >= 0.6 is 23.4 Å². The standard InChI is InChI=1S/C16H12ClF2NOS/c1-9-11(17)3-2-4-14(9)20-15(21)8-22-16(20)10-5-6-12(18)13(19)7-10/h2-7,16H,8H2,1H3/t16-/m1/s1. The Morgan fingerprint density at radius 2 is 2.00 bits per heavy atom. The molecule has 1 fully saturated rings. The number of nitrogens with zero attached hydrogens (tertiary/aromatic N) is 1. The smallest absolute Gasteiger partial charge is 0.238 e. The van der Waals surface area contributed by atoms with Crippen LogP contribution in [0, 0.1) is 18.6 Å². The maximum Gasteiger partial charge on any atom is 0.238 e. The largest absolute Gasteiger partial charge is 0.295 e. The van der Waals surface area contributed by atoms with Gasteiger partial charge in [0.1, 0.15) is 5.37 Å². The van der Waals surface area contributed by atoms with Gasteiger partial charge in [-0.1, -0.05) is 23.7 Å². The van der Waals surface area contributed by atoms with Gasteiger partial charge in [-0.05, 0) is 42.3 Å². The molecule has 0 aliphatic carbocycles. The fourth-order valence-corrected chi connectivity index (χ4v) is 3.78. The summed E-state index contributed by atoms with van der Waals surface area (Å²) in [7, 11) is 0. The quantitative estimate of drug-likeness (QED) is 0.790. The summed E-state index contributed by atoms with van der Waals surface area (Å²) in [6.45, 7) is 1.83. The molecular weight excluding hydrogens is 328 g/mol. The summed E-state index contributed by atoms with van der Waals surface area (Å²) in [6.07, 6.45) is 0. The first-order chi connectivity index (χ1) is 10.5. The monoisotopic (exact) mass is 339 g/mol. The number of hydrogen-bond donors (Lipinski definition) is 0. The van der Waals surface area contributed by atoms with Crippen molar-refractivity contribution in [1.82, 2.24) is 0 Å². The third-order valence-electron chi connectivity index (χ3n) is 3.60. The van der Waals surface area contributed by atoms with Crippen molar-refractivity contribution in [3.8, 4) is 0 Å². The van der Waals surface area contributed by atoms with Gasteiger partial charge < -0.3 is 0 Å². The summed E-state index contributed by atoms with van der Waals surface area (Å²) in [5.74, 6) is -1.61. The van der Waals surface area contributed by atoms with E-state index in [0.717, 1.165) is 17.7 Å². The summed E-state index contributed by atoms with van der Waals surface area (Å²) < 4.78 is 26.6. The summed E-state index contributed by atoms with van der Waals surface area (Å²) >= 11 is 7.51. The first kappa shape index (κ1) is 15.3. The molecule has 0 spiro atoms. The SMILES string of the molecule is Cc1c(Cl)cccc1N1C(=O)CS[C@@H]1c1ccc(F)c(F)c1. The Bertz CT molecular complexity index is 753. The molecule has 0 bridgehead atoms. The van der Waals surface area contributed by atoms with Crippen LogP contribution in [0.2, 0.25) is 5.02 Å². The lowest BCUT2D eigenvalue weighted by atomic mass is 10.1. The molecule has 114 valence electrons. The molecule has 0 aromatic heterocycles. The van der Waals surface area contributed by atoms with Crippen LogP contribution < -0.4 is 4.90 Å². The van der Waals surface area contributed by atoms with Crippen LogP contribution in [0.15, 0.2) is 36.4 Å². The molecular formula is C16H12ClF2NOS. The molecule has 2 nitrogen and oxygen atoms in total. The second kappa shape index (κ2) is 5.89. The zero-order valence-corrected chi connectivity index (χ0v) is 13.2. The number of carbonyl (C=O) groups excluding carboxylic acids is 1. The predicted molar refractivity (Wildman–Crippen MR) is 85.2 cm³/mol. The topological polar surface area (TPSA) is 20.3 Å². The number of thioether (sulfide) groups is 1. The van der Waals surface area contributed by atoms with E-state index in [1.54, 1.807) is 23.1 Å². The Hall–Kier alpha value is -1.59. The summed E-state index contributed by atoms with van der Waals surface area (Å²) in [6, 6.07) is 9.04. The molecule has 1 aliphatic rings. The molecule has 0 N–H and O–H groups in total. The Labute approximate surface area is 136 Å². The van der Waals surface area contributed by atoms with Gasteiger partial charge in [-0.2, -0.15) is 0 Å². The van der Waals surface area contributed by atoms with Gasteiger partial charge in [0.15, 0.2) is 11.6 Å². The maximum atomic E-state index is 13.5. The van der Waals surface area contributed by atoms with Gasteiger partial charge in [-0.15, -0.1) is 11.8 Å². The third kappa shape index (κ3) is 2.59. The fraction of sp³-hybridized carbons (Fsp3) is 0.188. The van der Waals surface area contributed by atoms with E-state index in [-0.39, 0.29) is 17.0 Å². The van der Waals surface area contributed by atoms with Gasteiger partial charge in [0, 0.05) is 10.7 Å². The van der Waals surface area contributed by atoms with Gasteiger partial charge in [-0.3, -0.25) is 9.69 Å². The molecule has 6 heteroatoms. The first-order valence-electron chi connectivity index (χ1n) is 6.63. The van der Waals surface area contributed by atoms with E-state index >= 15 is 0 Å². The highest BCUT2D eigenvalue weighted by Gasteiger charge is 2.35. The normalized spacial score (nSPS) is 18.1. The molecule has 22 heavy (non-hydrogen) atoms. The molecule has 1 heterocycles. The van der Waals surface area contributed by atoms with Gasteiger partial charge >= 0.3 is 0 Å². The van der Waals surface area contributed by atoms with Gasteiger partial charge in [-0.25, -0.2) is 8.78 Å². The highest BCUT2D eigenvalue weighted by atomic mass is 35.5. The predicted octanol–water partition coefficient (Wildman–Crippen LogP) is 4.71. The fourth-order valence-electron chi connectivity index (χ4n) is 2.45. The number of anilines is 1. The molecule has 1 saturated heterocycles. The lowest BCUT2D eigenvalue weighted by molar-refractivity contribution is -0.115. The van der Waals surface area contributed by atoms with Crippen molar-refractivity contribution in [3.63, 3.8) is 0 Å². The van der Waals surface area contributed by atoms with E-state index < -0.39 is 11.6 Å². The molecule has 0 unspecified atom stereocenters. The zero-order chi connectivity index (χ0) is 15.9. The van der Waals surface area contributed by atoms with Crippen molar-refractivity contribution >= 4 is 35.0 Å². The zero-order valence-electron chi connectivity index (χ0n) is 11.6. The van der Waals surface area contributed by atoms with Crippen LogP contribution in [0.3, 0.4) is 0 Å². The average molecular weight is 340 g/mol. The van der Waals surface area contributed by atoms with Crippen molar-refractivity contribution < 1.29 is 13.6 Å². The van der Waals surface area contributed by atoms with Crippen molar-refractivity contribution in [2.75, 3.05) is 10.7 Å². The summed E-state index contributed by atoms with van der Waals surface area (Å²) in [4.78, 5) is 13.9. The number of hydrogen-bond acceptors (Lipinski definition) is 2. The van der Waals surface area contributed by atoms with Crippen LogP contribution in [0.1, 0.15) is 16.5 Å². The number of carbonyl (C=O) groups is 1. The van der Waals surface area contributed by atoms with E-state index in [4.69, 9.17) is 11.6 Å². The van der Waals surface area contributed by atoms with Crippen LogP contribution in [-0.4, -0.2) is 11.7 Å². The molecule has 0 saturated carbocycles. The molecule has 1 aliphatic heterocycles. The van der Waals surface area contributed by atoms with Crippen molar-refractivity contribution in [2.24, 2.45) is 0 Å². The van der Waals surface area contributed by atoms with Gasteiger partial charge in [0.2, 0.25) is 5.91 Å². The average Bonchev–Trinajstić information content (AvgIpc) is 2.87. The number of benzene rings is 2. The molecule has 3 rings (SSSR count). The van der Waals surface area contributed by atoms with Crippen molar-refractivity contribution in [2.45, 2.75) is 12.3 Å². The van der Waals surface area contributed by atoms with Crippen molar-refractivity contribution in [1.29, 1.82) is 0 Å². The minimum atomic E-state index is -0.916. The Morgan fingerprint density at radius 3 is 2.73 bits per heavy atom. The summed E-state index contributed by atoms with van der Waals surface area (Å²) in [5.41, 5.74) is 2.03. The van der Waals surface area contributed by atoms with Crippen LogP contribution in [0.25, 0.3) is 0 Å². The second-order valence-corrected chi connectivity index (χ2v) is 6.46. The minimum absolute atomic E-state index is 0.0786. The number of halogens is 3. The van der Waals surface area contributed by atoms with E-state index in [9.17, 15) is 13.6 Å². The first-order valence-corrected chi connectivity index (χ1v) is 8.05. The van der Waals surface area contributed by atoms with Crippen LogP contribution in [-0.2, 0) is 4.79 Å². The molecule has 2 aromatic rings. The highest BCUT2D eigenvalue weighted by Crippen LogP contribution is 2.43. The Morgan fingerprint density at radius 1 is 1.23 bits per heavy atom. The van der Waals surface area contributed by atoms with E-state index in [1.807, 2.05) is 6.92 Å². The lowest BCUT2D eigenvalue weighted by Gasteiger charge is -2.26. The van der Waals surface area contributed by atoms with Gasteiger partial charge in [0.25, 0.3) is 0 Å². The van der Waals surface area contributed by atoms with Crippen LogP contribution in [0.5, 0.6) is 0 Å². The molecule has 2 aromatic carbocycles. The third-order valence-corrected chi connectivity index (χ3v) is 5.22. The Balaban J connectivity index is 2.06. The maximum absolute atomic E-state index is 13.5. The van der Waals surface area contributed by atoms with E-state index in [2.05, 4.69) is 0 Å². The Kier molecular flexibility index (Phi) is 4.10. The molecule has 1 atom stereocenters. The number of amides is 1. The lowest BCUT2D eigenvalue weighted by Crippen LogP contribution is -2.28. The van der Waals surface area contributed by atoms with Crippen LogP contribution in [0.4, 0.5) is 14.5 Å². The summed E-state index contributed by atoms with van der Waals surface area (Å²) in [5, 5.41) is 0.172.